The molecule has 1 aliphatic rings. The first-order chi connectivity index (χ1) is 15.3. The minimum absolute atomic E-state index is 0.541. The maximum absolute atomic E-state index is 6.28. The van der Waals surface area contributed by atoms with Crippen molar-refractivity contribution in [3.05, 3.63) is 95.9 Å². The quantitative estimate of drug-likeness (QED) is 0.436. The Hall–Kier alpha value is -3.60. The van der Waals surface area contributed by atoms with Crippen molar-refractivity contribution < 1.29 is 4.74 Å². The first kappa shape index (κ1) is 19.4. The molecule has 0 spiro atoms. The van der Waals surface area contributed by atoms with Crippen molar-refractivity contribution in [2.75, 3.05) is 11.4 Å². The molecule has 5 heteroatoms. The number of rotatable bonds is 6. The Morgan fingerprint density at radius 1 is 0.903 bits per heavy atom. The summed E-state index contributed by atoms with van der Waals surface area (Å²) in [6.07, 6.45) is 4.85. The fourth-order valence-corrected chi connectivity index (χ4v) is 4.28. The number of anilines is 1. The lowest BCUT2D eigenvalue weighted by atomic mass is 10.0. The molecule has 1 aliphatic heterocycles. The maximum Gasteiger partial charge on any atom is 0.135 e. The van der Waals surface area contributed by atoms with E-state index in [4.69, 9.17) is 9.84 Å². The number of hydrogen-bond donors (Lipinski definition) is 0. The van der Waals surface area contributed by atoms with Gasteiger partial charge in [-0.3, -0.25) is 4.98 Å². The van der Waals surface area contributed by atoms with Gasteiger partial charge in [0.2, 0.25) is 0 Å². The van der Waals surface area contributed by atoms with Crippen molar-refractivity contribution in [2.45, 2.75) is 33.0 Å². The highest BCUT2D eigenvalue weighted by atomic mass is 16.5. The second-order valence-corrected chi connectivity index (χ2v) is 7.91. The van der Waals surface area contributed by atoms with Gasteiger partial charge in [-0.05, 0) is 36.6 Å². The van der Waals surface area contributed by atoms with Crippen LogP contribution < -0.4 is 9.64 Å². The number of para-hydroxylation sites is 1. The molecule has 5 nitrogen and oxygen atoms in total. The maximum atomic E-state index is 6.28. The molecule has 0 aliphatic carbocycles. The molecule has 2 aromatic carbocycles. The van der Waals surface area contributed by atoms with Crippen LogP contribution in [0.5, 0.6) is 5.75 Å². The number of ether oxygens (including phenoxy) is 1. The topological polar surface area (TPSA) is 43.2 Å². The van der Waals surface area contributed by atoms with Crippen LogP contribution in [0.25, 0.3) is 11.1 Å². The number of fused-ring (bicyclic) bond motifs is 1. The SMILES string of the molecule is Cc1nn2c(c1-c1ccccc1OCc1ccccc1)N(Cc1cccnc1)CCC2. The Morgan fingerprint density at radius 3 is 2.55 bits per heavy atom. The molecule has 0 saturated carbocycles. The summed E-state index contributed by atoms with van der Waals surface area (Å²) in [6.45, 7) is 5.39. The number of aryl methyl sites for hydroxylation is 2. The van der Waals surface area contributed by atoms with Gasteiger partial charge in [0.25, 0.3) is 0 Å². The van der Waals surface area contributed by atoms with Gasteiger partial charge in [-0.2, -0.15) is 5.10 Å². The molecule has 0 saturated heterocycles. The van der Waals surface area contributed by atoms with Crippen molar-refractivity contribution >= 4 is 5.82 Å². The summed E-state index contributed by atoms with van der Waals surface area (Å²) in [5, 5.41) is 4.88. The van der Waals surface area contributed by atoms with Crippen LogP contribution in [0.4, 0.5) is 5.82 Å². The highest BCUT2D eigenvalue weighted by Crippen LogP contribution is 2.41. The average Bonchev–Trinajstić information content (AvgIpc) is 3.16. The largest absolute Gasteiger partial charge is 0.488 e. The highest BCUT2D eigenvalue weighted by molar-refractivity contribution is 5.82. The zero-order valence-electron chi connectivity index (χ0n) is 17.7. The van der Waals surface area contributed by atoms with Crippen LogP contribution in [0.3, 0.4) is 0 Å². The Bertz CT molecular complexity index is 1150. The van der Waals surface area contributed by atoms with Gasteiger partial charge in [0.05, 0.1) is 11.3 Å². The summed E-state index contributed by atoms with van der Waals surface area (Å²) in [5.41, 5.74) is 5.64. The molecule has 5 rings (SSSR count). The van der Waals surface area contributed by atoms with E-state index >= 15 is 0 Å². The lowest BCUT2D eigenvalue weighted by molar-refractivity contribution is 0.307. The van der Waals surface area contributed by atoms with Gasteiger partial charge >= 0.3 is 0 Å². The van der Waals surface area contributed by atoms with Crippen LogP contribution in [0.15, 0.2) is 79.1 Å². The number of aromatic nitrogens is 3. The van der Waals surface area contributed by atoms with E-state index in [0.717, 1.165) is 54.2 Å². The van der Waals surface area contributed by atoms with E-state index in [-0.39, 0.29) is 0 Å². The van der Waals surface area contributed by atoms with Crippen LogP contribution in [0, 0.1) is 6.92 Å². The fourth-order valence-electron chi connectivity index (χ4n) is 4.28. The van der Waals surface area contributed by atoms with Gasteiger partial charge in [0.1, 0.15) is 18.2 Å². The van der Waals surface area contributed by atoms with Gasteiger partial charge in [0.15, 0.2) is 0 Å². The van der Waals surface area contributed by atoms with Crippen LogP contribution >= 0.6 is 0 Å². The molecule has 0 atom stereocenters. The predicted molar refractivity (Wildman–Crippen MR) is 123 cm³/mol. The molecule has 2 aromatic heterocycles. The molecule has 0 radical (unpaired) electrons. The third-order valence-corrected chi connectivity index (χ3v) is 5.69. The van der Waals surface area contributed by atoms with E-state index in [1.807, 2.05) is 42.7 Å². The minimum Gasteiger partial charge on any atom is -0.488 e. The van der Waals surface area contributed by atoms with Gasteiger partial charge in [-0.15, -0.1) is 0 Å². The summed E-state index contributed by atoms with van der Waals surface area (Å²) < 4.78 is 8.43. The summed E-state index contributed by atoms with van der Waals surface area (Å²) in [7, 11) is 0. The number of benzene rings is 2. The van der Waals surface area contributed by atoms with E-state index in [1.54, 1.807) is 0 Å². The molecule has 3 heterocycles. The van der Waals surface area contributed by atoms with Crippen LogP contribution in [0.2, 0.25) is 0 Å². The number of nitrogens with zero attached hydrogens (tertiary/aromatic N) is 4. The molecule has 0 unspecified atom stereocenters. The lowest BCUT2D eigenvalue weighted by Gasteiger charge is -2.31. The van der Waals surface area contributed by atoms with E-state index in [0.29, 0.717) is 6.61 Å². The summed E-state index contributed by atoms with van der Waals surface area (Å²) in [6, 6.07) is 22.7. The van der Waals surface area contributed by atoms with Gasteiger partial charge in [0, 0.05) is 37.6 Å². The van der Waals surface area contributed by atoms with Crippen molar-refractivity contribution in [3.8, 4) is 16.9 Å². The minimum atomic E-state index is 0.541. The van der Waals surface area contributed by atoms with Crippen molar-refractivity contribution in [2.24, 2.45) is 0 Å². The Balaban J connectivity index is 1.51. The van der Waals surface area contributed by atoms with Crippen molar-refractivity contribution in [1.82, 2.24) is 14.8 Å². The highest BCUT2D eigenvalue weighted by Gasteiger charge is 2.27. The van der Waals surface area contributed by atoms with Gasteiger partial charge in [-0.1, -0.05) is 54.6 Å². The average molecular weight is 411 g/mol. The second-order valence-electron chi connectivity index (χ2n) is 7.91. The predicted octanol–water partition coefficient (Wildman–Crippen LogP) is 5.24. The summed E-state index contributed by atoms with van der Waals surface area (Å²) in [5.74, 6) is 2.06. The van der Waals surface area contributed by atoms with E-state index in [1.165, 1.54) is 11.4 Å². The second kappa shape index (κ2) is 8.64. The molecule has 156 valence electrons. The van der Waals surface area contributed by atoms with Crippen LogP contribution in [0.1, 0.15) is 23.2 Å². The van der Waals surface area contributed by atoms with E-state index < -0.39 is 0 Å². The van der Waals surface area contributed by atoms with E-state index in [9.17, 15) is 0 Å². The molecule has 0 bridgehead atoms. The smallest absolute Gasteiger partial charge is 0.135 e. The van der Waals surface area contributed by atoms with Crippen LogP contribution in [-0.4, -0.2) is 21.3 Å². The van der Waals surface area contributed by atoms with Crippen molar-refractivity contribution in [1.29, 1.82) is 0 Å². The first-order valence-electron chi connectivity index (χ1n) is 10.8. The molecule has 31 heavy (non-hydrogen) atoms. The number of pyridine rings is 1. The number of hydrogen-bond acceptors (Lipinski definition) is 4. The zero-order chi connectivity index (χ0) is 21.0. The fraction of sp³-hybridized carbons (Fsp3) is 0.231. The molecular weight excluding hydrogens is 384 g/mol. The van der Waals surface area contributed by atoms with E-state index in [2.05, 4.69) is 57.9 Å². The van der Waals surface area contributed by atoms with Gasteiger partial charge in [-0.25, -0.2) is 4.68 Å². The Kier molecular flexibility index (Phi) is 5.40. The monoisotopic (exact) mass is 410 g/mol. The van der Waals surface area contributed by atoms with Crippen molar-refractivity contribution in [3.63, 3.8) is 0 Å². The Morgan fingerprint density at radius 2 is 1.71 bits per heavy atom. The first-order valence-corrected chi connectivity index (χ1v) is 10.8. The molecule has 4 aromatic rings. The molecular formula is C26H26N4O. The van der Waals surface area contributed by atoms with Gasteiger partial charge < -0.3 is 9.64 Å². The normalized spacial score (nSPS) is 13.1. The summed E-state index contributed by atoms with van der Waals surface area (Å²) in [4.78, 5) is 6.71. The summed E-state index contributed by atoms with van der Waals surface area (Å²) >= 11 is 0. The third kappa shape index (κ3) is 4.04. The lowest BCUT2D eigenvalue weighted by Crippen LogP contribution is -2.32. The standard InChI is InChI=1S/C26H26N4O/c1-20-25(23-12-5-6-13-24(23)31-19-21-9-3-2-4-10-21)26-29(15-8-16-30(26)28-20)18-22-11-7-14-27-17-22/h2-7,9-14,17H,8,15-16,18-19H2,1H3. The zero-order valence-corrected chi connectivity index (χ0v) is 17.7. The van der Waals surface area contributed by atoms with Crippen LogP contribution in [-0.2, 0) is 19.7 Å². The molecule has 0 fully saturated rings. The molecule has 0 amide bonds. The third-order valence-electron chi connectivity index (χ3n) is 5.69. The Labute approximate surface area is 182 Å². The molecule has 0 N–H and O–H groups in total.